The van der Waals surface area contributed by atoms with Crippen LogP contribution in [0.2, 0.25) is 0 Å². The second-order valence-electron chi connectivity index (χ2n) is 5.39. The van der Waals surface area contributed by atoms with Crippen molar-refractivity contribution in [3.63, 3.8) is 0 Å². The average molecular weight is 316 g/mol. The summed E-state index contributed by atoms with van der Waals surface area (Å²) in [4.78, 5) is 18.9. The summed E-state index contributed by atoms with van der Waals surface area (Å²) in [6.07, 6.45) is 3.31. The molecule has 0 radical (unpaired) electrons. The Bertz CT molecular complexity index is 574. The number of carbonyl (C=O) groups is 1. The van der Waals surface area contributed by atoms with Crippen LogP contribution in [0.3, 0.4) is 0 Å². The number of thiazole rings is 1. The van der Waals surface area contributed by atoms with Gasteiger partial charge >= 0.3 is 0 Å². The monoisotopic (exact) mass is 316 g/mol. The number of aryl methyl sites for hydroxylation is 1. The zero-order valence-corrected chi connectivity index (χ0v) is 14.2. The molecule has 0 unspecified atom stereocenters. The first-order valence-electron chi connectivity index (χ1n) is 8.02. The molecule has 1 aromatic heterocycles. The first-order valence-corrected chi connectivity index (χ1v) is 8.90. The summed E-state index contributed by atoms with van der Waals surface area (Å²) in [6.45, 7) is 5.95. The Morgan fingerprint density at radius 3 is 2.45 bits per heavy atom. The molecule has 0 saturated heterocycles. The van der Waals surface area contributed by atoms with Crippen LogP contribution in [-0.2, 0) is 11.2 Å². The molecule has 2 rings (SSSR count). The molecule has 1 aromatic carbocycles. The van der Waals surface area contributed by atoms with Crippen molar-refractivity contribution in [1.29, 1.82) is 0 Å². The zero-order valence-electron chi connectivity index (χ0n) is 13.4. The number of carbonyl (C=O) groups excluding carboxylic acids is 1. The van der Waals surface area contributed by atoms with E-state index < -0.39 is 0 Å². The molecule has 1 heterocycles. The van der Waals surface area contributed by atoms with Crippen molar-refractivity contribution in [3.8, 4) is 10.6 Å². The van der Waals surface area contributed by atoms with Crippen molar-refractivity contribution in [1.82, 2.24) is 9.88 Å². The van der Waals surface area contributed by atoms with E-state index in [1.165, 1.54) is 0 Å². The predicted molar refractivity (Wildman–Crippen MR) is 93.0 cm³/mol. The lowest BCUT2D eigenvalue weighted by Crippen LogP contribution is -2.32. The molecule has 3 nitrogen and oxygen atoms in total. The van der Waals surface area contributed by atoms with Crippen molar-refractivity contribution >= 4 is 17.2 Å². The van der Waals surface area contributed by atoms with Gasteiger partial charge in [0, 0.05) is 30.5 Å². The van der Waals surface area contributed by atoms with Crippen LogP contribution in [0, 0.1) is 0 Å². The van der Waals surface area contributed by atoms with Gasteiger partial charge in [0.05, 0.1) is 5.69 Å². The molecule has 0 bridgehead atoms. The smallest absolute Gasteiger partial charge is 0.222 e. The highest BCUT2D eigenvalue weighted by Crippen LogP contribution is 2.23. The average Bonchev–Trinajstić information content (AvgIpc) is 3.02. The van der Waals surface area contributed by atoms with Crippen LogP contribution in [-0.4, -0.2) is 28.9 Å². The predicted octanol–water partition coefficient (Wildman–Crippen LogP) is 4.39. The van der Waals surface area contributed by atoms with Crippen LogP contribution in [0.1, 0.15) is 38.8 Å². The minimum Gasteiger partial charge on any atom is -0.343 e. The fourth-order valence-electron chi connectivity index (χ4n) is 2.43. The van der Waals surface area contributed by atoms with E-state index in [4.69, 9.17) is 0 Å². The minimum atomic E-state index is 0.248. The standard InChI is InChI=1S/C18H24N2OS/c1-3-12-20(13-4-2)17(21)11-10-16-14-22-18(19-16)15-8-6-5-7-9-15/h5-9,14H,3-4,10-13H2,1-2H3. The number of hydrogen-bond acceptors (Lipinski definition) is 3. The maximum atomic E-state index is 12.3. The number of hydrogen-bond donors (Lipinski definition) is 0. The van der Waals surface area contributed by atoms with Crippen LogP contribution in [0.5, 0.6) is 0 Å². The van der Waals surface area contributed by atoms with Gasteiger partial charge in [0.1, 0.15) is 5.01 Å². The van der Waals surface area contributed by atoms with E-state index in [0.717, 1.165) is 48.6 Å². The van der Waals surface area contributed by atoms with Gasteiger partial charge in [-0.15, -0.1) is 11.3 Å². The number of benzene rings is 1. The van der Waals surface area contributed by atoms with Gasteiger partial charge in [-0.25, -0.2) is 4.98 Å². The molecule has 0 aliphatic carbocycles. The quantitative estimate of drug-likeness (QED) is 0.723. The summed E-state index contributed by atoms with van der Waals surface area (Å²) in [5, 5.41) is 3.10. The number of aromatic nitrogens is 1. The van der Waals surface area contributed by atoms with Crippen LogP contribution in [0.15, 0.2) is 35.7 Å². The van der Waals surface area contributed by atoms with Gasteiger partial charge in [-0.1, -0.05) is 44.2 Å². The summed E-state index contributed by atoms with van der Waals surface area (Å²) < 4.78 is 0. The molecular formula is C18H24N2OS. The van der Waals surface area contributed by atoms with Crippen molar-refractivity contribution in [2.24, 2.45) is 0 Å². The first-order chi connectivity index (χ1) is 10.7. The molecule has 0 spiro atoms. The normalized spacial score (nSPS) is 10.6. The number of nitrogens with zero attached hydrogens (tertiary/aromatic N) is 2. The summed E-state index contributed by atoms with van der Waals surface area (Å²) in [7, 11) is 0. The number of rotatable bonds is 8. The molecule has 0 atom stereocenters. The molecule has 0 aliphatic heterocycles. The molecule has 118 valence electrons. The maximum Gasteiger partial charge on any atom is 0.222 e. The Morgan fingerprint density at radius 1 is 1.14 bits per heavy atom. The molecule has 0 saturated carbocycles. The van der Waals surface area contributed by atoms with E-state index in [2.05, 4.69) is 36.3 Å². The fraction of sp³-hybridized carbons (Fsp3) is 0.444. The Kier molecular flexibility index (Phi) is 6.59. The molecule has 0 aliphatic rings. The van der Waals surface area contributed by atoms with Gasteiger partial charge < -0.3 is 4.90 Å². The largest absolute Gasteiger partial charge is 0.343 e. The van der Waals surface area contributed by atoms with E-state index in [0.29, 0.717) is 6.42 Å². The van der Waals surface area contributed by atoms with Crippen molar-refractivity contribution in [2.75, 3.05) is 13.1 Å². The second kappa shape index (κ2) is 8.69. The highest BCUT2D eigenvalue weighted by molar-refractivity contribution is 7.13. The van der Waals surface area contributed by atoms with Crippen molar-refractivity contribution in [2.45, 2.75) is 39.5 Å². The third-order valence-corrected chi connectivity index (χ3v) is 4.45. The van der Waals surface area contributed by atoms with Gasteiger partial charge in [-0.3, -0.25) is 4.79 Å². The lowest BCUT2D eigenvalue weighted by Gasteiger charge is -2.21. The SMILES string of the molecule is CCCN(CCC)C(=O)CCc1csc(-c2ccccc2)n1. The minimum absolute atomic E-state index is 0.248. The molecule has 0 N–H and O–H groups in total. The summed E-state index contributed by atoms with van der Waals surface area (Å²) >= 11 is 1.65. The molecular weight excluding hydrogens is 292 g/mol. The molecule has 2 aromatic rings. The van der Waals surface area contributed by atoms with Gasteiger partial charge in [0.2, 0.25) is 5.91 Å². The highest BCUT2D eigenvalue weighted by Gasteiger charge is 2.13. The summed E-state index contributed by atoms with van der Waals surface area (Å²) in [5.41, 5.74) is 2.16. The number of amides is 1. The van der Waals surface area contributed by atoms with E-state index in [1.807, 2.05) is 23.1 Å². The highest BCUT2D eigenvalue weighted by atomic mass is 32.1. The summed E-state index contributed by atoms with van der Waals surface area (Å²) in [6, 6.07) is 10.2. The molecule has 22 heavy (non-hydrogen) atoms. The molecule has 0 fully saturated rings. The van der Waals surface area contributed by atoms with Crippen LogP contribution in [0.25, 0.3) is 10.6 Å². The van der Waals surface area contributed by atoms with E-state index in [-0.39, 0.29) is 5.91 Å². The Morgan fingerprint density at radius 2 is 1.82 bits per heavy atom. The van der Waals surface area contributed by atoms with Crippen molar-refractivity contribution in [3.05, 3.63) is 41.4 Å². The van der Waals surface area contributed by atoms with Crippen LogP contribution >= 0.6 is 11.3 Å². The van der Waals surface area contributed by atoms with Gasteiger partial charge in [0.15, 0.2) is 0 Å². The first kappa shape index (κ1) is 16.7. The van der Waals surface area contributed by atoms with Gasteiger partial charge in [-0.05, 0) is 19.3 Å². The van der Waals surface area contributed by atoms with Gasteiger partial charge in [0.25, 0.3) is 0 Å². The topological polar surface area (TPSA) is 33.2 Å². The lowest BCUT2D eigenvalue weighted by atomic mass is 10.2. The molecule has 1 amide bonds. The Labute approximate surface area is 137 Å². The maximum absolute atomic E-state index is 12.3. The third-order valence-electron chi connectivity index (χ3n) is 3.51. The van der Waals surface area contributed by atoms with Crippen LogP contribution in [0.4, 0.5) is 0 Å². The third kappa shape index (κ3) is 4.67. The molecule has 4 heteroatoms. The van der Waals surface area contributed by atoms with E-state index >= 15 is 0 Å². The lowest BCUT2D eigenvalue weighted by molar-refractivity contribution is -0.131. The second-order valence-corrected chi connectivity index (χ2v) is 6.25. The zero-order chi connectivity index (χ0) is 15.8. The van der Waals surface area contributed by atoms with Gasteiger partial charge in [-0.2, -0.15) is 0 Å². The Hall–Kier alpha value is -1.68. The fourth-order valence-corrected chi connectivity index (χ4v) is 3.29. The van der Waals surface area contributed by atoms with Crippen molar-refractivity contribution < 1.29 is 4.79 Å². The van der Waals surface area contributed by atoms with E-state index in [9.17, 15) is 4.79 Å². The summed E-state index contributed by atoms with van der Waals surface area (Å²) in [5.74, 6) is 0.248. The van der Waals surface area contributed by atoms with Crippen LogP contribution < -0.4 is 0 Å². The Balaban J connectivity index is 1.92. The van der Waals surface area contributed by atoms with E-state index in [1.54, 1.807) is 11.3 Å².